The third-order valence-corrected chi connectivity index (χ3v) is 5.04. The second-order valence-corrected chi connectivity index (χ2v) is 6.66. The quantitative estimate of drug-likeness (QED) is 0.705. The molecule has 1 aliphatic rings. The topological polar surface area (TPSA) is 90.9 Å². The van der Waals surface area contributed by atoms with Gasteiger partial charge in [-0.1, -0.05) is 36.4 Å². The van der Waals surface area contributed by atoms with Crippen molar-refractivity contribution in [1.82, 2.24) is 0 Å². The van der Waals surface area contributed by atoms with Crippen molar-refractivity contribution >= 4 is 23.3 Å². The van der Waals surface area contributed by atoms with Gasteiger partial charge >= 0.3 is 0 Å². The number of ether oxygens (including phenoxy) is 2. The maximum atomic E-state index is 13.4. The molecule has 0 radical (unpaired) electrons. The molecule has 1 N–H and O–H groups in total. The van der Waals surface area contributed by atoms with Gasteiger partial charge in [0.15, 0.2) is 11.5 Å². The van der Waals surface area contributed by atoms with E-state index in [0.717, 1.165) is 0 Å². The minimum atomic E-state index is -1.43. The Hall–Kier alpha value is -4.00. The molecule has 1 heterocycles. The standard InChI is InChI=1S/C23H20N2O5/c1-29-18-13-12-16(19(23(27)28)20(18)30-2)21-24-17-11-7-6-10-15(17)22(26)25(21)14-8-4-3-5-9-14/h3-13,21,24H,1-2H3,(H,27,28)/p-1/t21-/m0/s1. The summed E-state index contributed by atoms with van der Waals surface area (Å²) in [5.74, 6) is -1.38. The molecule has 1 atom stereocenters. The van der Waals surface area contributed by atoms with E-state index in [-0.39, 0.29) is 23.0 Å². The maximum absolute atomic E-state index is 13.4. The molecular formula is C23H19N2O5-. The SMILES string of the molecule is COc1ccc([C@H]2Nc3ccccc3C(=O)N2c2ccccc2)c(C(=O)[O-])c1OC. The van der Waals surface area contributed by atoms with Crippen LogP contribution in [0.4, 0.5) is 11.4 Å². The van der Waals surface area contributed by atoms with Gasteiger partial charge in [0.25, 0.3) is 5.91 Å². The Morgan fingerprint density at radius 3 is 2.33 bits per heavy atom. The van der Waals surface area contributed by atoms with Gasteiger partial charge in [0.1, 0.15) is 6.17 Å². The number of rotatable bonds is 5. The molecule has 3 aromatic carbocycles. The number of aromatic carboxylic acids is 1. The van der Waals surface area contributed by atoms with Gasteiger partial charge in [-0.15, -0.1) is 0 Å². The summed E-state index contributed by atoms with van der Waals surface area (Å²) in [6.45, 7) is 0. The van der Waals surface area contributed by atoms with Crippen molar-refractivity contribution in [2.24, 2.45) is 0 Å². The number of methoxy groups -OCH3 is 2. The van der Waals surface area contributed by atoms with Crippen LogP contribution in [0.15, 0.2) is 66.7 Å². The van der Waals surface area contributed by atoms with Crippen LogP contribution in [0.1, 0.15) is 32.4 Å². The van der Waals surface area contributed by atoms with Gasteiger partial charge in [-0.25, -0.2) is 0 Å². The predicted molar refractivity (Wildman–Crippen MR) is 110 cm³/mol. The average Bonchev–Trinajstić information content (AvgIpc) is 2.78. The van der Waals surface area contributed by atoms with Crippen LogP contribution in [0.3, 0.4) is 0 Å². The molecule has 30 heavy (non-hydrogen) atoms. The normalized spacial score (nSPS) is 15.2. The summed E-state index contributed by atoms with van der Waals surface area (Å²) in [5, 5.41) is 15.4. The van der Waals surface area contributed by atoms with E-state index in [4.69, 9.17) is 9.47 Å². The van der Waals surface area contributed by atoms with Crippen LogP contribution >= 0.6 is 0 Å². The largest absolute Gasteiger partial charge is 0.545 e. The van der Waals surface area contributed by atoms with Gasteiger partial charge < -0.3 is 24.7 Å². The molecule has 152 valence electrons. The monoisotopic (exact) mass is 403 g/mol. The van der Waals surface area contributed by atoms with Crippen LogP contribution in [-0.2, 0) is 0 Å². The van der Waals surface area contributed by atoms with E-state index < -0.39 is 12.1 Å². The van der Waals surface area contributed by atoms with Crippen molar-refractivity contribution in [3.8, 4) is 11.5 Å². The third-order valence-electron chi connectivity index (χ3n) is 5.04. The lowest BCUT2D eigenvalue weighted by Gasteiger charge is -2.39. The number of carboxylic acid groups (broad SMARTS) is 1. The van der Waals surface area contributed by atoms with Crippen molar-refractivity contribution in [2.45, 2.75) is 6.17 Å². The van der Waals surface area contributed by atoms with Crippen molar-refractivity contribution in [2.75, 3.05) is 24.4 Å². The van der Waals surface area contributed by atoms with Crippen LogP contribution < -0.4 is 24.8 Å². The molecule has 3 aromatic rings. The fourth-order valence-corrected chi connectivity index (χ4v) is 3.71. The summed E-state index contributed by atoms with van der Waals surface area (Å²) in [6, 6.07) is 19.4. The molecule has 0 aliphatic carbocycles. The number of anilines is 2. The molecule has 4 rings (SSSR count). The smallest absolute Gasteiger partial charge is 0.262 e. The Balaban J connectivity index is 1.96. The minimum absolute atomic E-state index is 0.0381. The molecule has 1 aliphatic heterocycles. The summed E-state index contributed by atoms with van der Waals surface area (Å²) in [5.41, 5.74) is 1.86. The van der Waals surface area contributed by atoms with Gasteiger partial charge in [0.05, 0.1) is 31.3 Å². The summed E-state index contributed by atoms with van der Waals surface area (Å²) < 4.78 is 10.6. The van der Waals surface area contributed by atoms with E-state index in [9.17, 15) is 14.7 Å². The number of carbonyl (C=O) groups is 2. The number of benzene rings is 3. The van der Waals surface area contributed by atoms with E-state index in [1.807, 2.05) is 24.3 Å². The Bertz CT molecular complexity index is 1110. The Kier molecular flexibility index (Phi) is 5.02. The highest BCUT2D eigenvalue weighted by atomic mass is 16.5. The van der Waals surface area contributed by atoms with Crippen molar-refractivity contribution in [3.63, 3.8) is 0 Å². The van der Waals surface area contributed by atoms with Gasteiger partial charge in [-0.05, 0) is 30.3 Å². The molecule has 0 unspecified atom stereocenters. The van der Waals surface area contributed by atoms with E-state index >= 15 is 0 Å². The van der Waals surface area contributed by atoms with Gasteiger partial charge in [0.2, 0.25) is 0 Å². The summed E-state index contributed by atoms with van der Waals surface area (Å²) >= 11 is 0. The highest BCUT2D eigenvalue weighted by Crippen LogP contribution is 2.41. The van der Waals surface area contributed by atoms with Crippen LogP contribution in [-0.4, -0.2) is 26.1 Å². The number of hydrogen-bond donors (Lipinski definition) is 1. The molecule has 0 saturated heterocycles. The fourth-order valence-electron chi connectivity index (χ4n) is 3.71. The molecule has 0 bridgehead atoms. The van der Waals surface area contributed by atoms with Crippen molar-refractivity contribution in [3.05, 3.63) is 83.4 Å². The molecule has 7 nitrogen and oxygen atoms in total. The number of carboxylic acids is 1. The first kappa shape index (κ1) is 19.3. The number of hydrogen-bond acceptors (Lipinski definition) is 6. The summed E-state index contributed by atoms with van der Waals surface area (Å²) in [4.78, 5) is 27.1. The van der Waals surface area contributed by atoms with E-state index in [2.05, 4.69) is 5.32 Å². The zero-order chi connectivity index (χ0) is 21.3. The number of nitrogens with one attached hydrogen (secondary N) is 1. The van der Waals surface area contributed by atoms with Gasteiger partial charge in [0, 0.05) is 16.9 Å². The Morgan fingerprint density at radius 1 is 0.967 bits per heavy atom. The van der Waals surface area contributed by atoms with E-state index in [0.29, 0.717) is 22.5 Å². The second-order valence-electron chi connectivity index (χ2n) is 6.66. The highest BCUT2D eigenvalue weighted by Gasteiger charge is 2.36. The maximum Gasteiger partial charge on any atom is 0.262 e. The summed E-state index contributed by atoms with van der Waals surface area (Å²) in [7, 11) is 2.78. The minimum Gasteiger partial charge on any atom is -0.545 e. The summed E-state index contributed by atoms with van der Waals surface area (Å²) in [6.07, 6.45) is -0.803. The Labute approximate surface area is 173 Å². The first-order valence-electron chi connectivity index (χ1n) is 9.27. The zero-order valence-corrected chi connectivity index (χ0v) is 16.4. The first-order chi connectivity index (χ1) is 14.6. The predicted octanol–water partition coefficient (Wildman–Crippen LogP) is 2.84. The van der Waals surface area contributed by atoms with Crippen LogP contribution in [0, 0.1) is 0 Å². The lowest BCUT2D eigenvalue weighted by Crippen LogP contribution is -2.44. The molecule has 0 saturated carbocycles. The van der Waals surface area contributed by atoms with Crippen molar-refractivity contribution in [1.29, 1.82) is 0 Å². The molecule has 1 amide bonds. The number of carbonyl (C=O) groups excluding carboxylic acids is 2. The second kappa shape index (κ2) is 7.79. The average molecular weight is 403 g/mol. The Morgan fingerprint density at radius 2 is 1.67 bits per heavy atom. The molecule has 7 heteroatoms. The fraction of sp³-hybridized carbons (Fsp3) is 0.130. The van der Waals surface area contributed by atoms with Crippen molar-refractivity contribution < 1.29 is 24.2 Å². The highest BCUT2D eigenvalue weighted by molar-refractivity contribution is 6.12. The first-order valence-corrected chi connectivity index (χ1v) is 9.27. The number of fused-ring (bicyclic) bond motifs is 1. The van der Waals surface area contributed by atoms with Crippen LogP contribution in [0.25, 0.3) is 0 Å². The number of para-hydroxylation sites is 2. The molecular weight excluding hydrogens is 384 g/mol. The van der Waals surface area contributed by atoms with E-state index in [1.54, 1.807) is 42.5 Å². The zero-order valence-electron chi connectivity index (χ0n) is 16.4. The number of nitrogens with zero attached hydrogens (tertiary/aromatic N) is 1. The molecule has 0 spiro atoms. The molecule has 0 aromatic heterocycles. The number of amides is 1. The third kappa shape index (κ3) is 3.10. The lowest BCUT2D eigenvalue weighted by atomic mass is 9.97. The van der Waals surface area contributed by atoms with Gasteiger partial charge in [-0.2, -0.15) is 0 Å². The van der Waals surface area contributed by atoms with Crippen LogP contribution in [0.2, 0.25) is 0 Å². The lowest BCUT2D eigenvalue weighted by molar-refractivity contribution is -0.255. The van der Waals surface area contributed by atoms with E-state index in [1.165, 1.54) is 19.1 Å². The molecule has 0 fully saturated rings. The van der Waals surface area contributed by atoms with Crippen LogP contribution in [0.5, 0.6) is 11.5 Å². The van der Waals surface area contributed by atoms with Gasteiger partial charge in [-0.3, -0.25) is 9.69 Å².